The molecule has 3 rings (SSSR count). The molecule has 2 saturated heterocycles. The van der Waals surface area contributed by atoms with Gasteiger partial charge >= 0.3 is 6.09 Å². The summed E-state index contributed by atoms with van der Waals surface area (Å²) in [5.41, 5.74) is 6.16. The summed E-state index contributed by atoms with van der Waals surface area (Å²) < 4.78 is 5.02. The molecule has 0 atom stereocenters. The molecule has 1 aliphatic carbocycles. The van der Waals surface area contributed by atoms with Gasteiger partial charge in [0.2, 0.25) is 11.6 Å². The maximum atomic E-state index is 12.6. The van der Waals surface area contributed by atoms with Crippen molar-refractivity contribution in [1.82, 2.24) is 9.80 Å². The first-order chi connectivity index (χ1) is 10.0. The van der Waals surface area contributed by atoms with E-state index in [9.17, 15) is 14.4 Å². The summed E-state index contributed by atoms with van der Waals surface area (Å²) in [6.07, 6.45) is -0.696. The van der Waals surface area contributed by atoms with E-state index in [2.05, 4.69) is 15.9 Å². The minimum Gasteiger partial charge on any atom is -0.449 e. The second-order valence-corrected chi connectivity index (χ2v) is 5.83. The topological polar surface area (TPSA) is 92.5 Å². The van der Waals surface area contributed by atoms with Crippen molar-refractivity contribution in [2.45, 2.75) is 6.42 Å². The van der Waals surface area contributed by atoms with Crippen LogP contribution in [0.1, 0.15) is 6.42 Å². The van der Waals surface area contributed by atoms with Crippen molar-refractivity contribution in [2.24, 2.45) is 5.73 Å². The number of hydrogen-bond donors (Lipinski definition) is 1. The van der Waals surface area contributed by atoms with Gasteiger partial charge in [0.25, 0.3) is 0 Å². The summed E-state index contributed by atoms with van der Waals surface area (Å²) in [7, 11) is 0. The lowest BCUT2D eigenvalue weighted by molar-refractivity contribution is -0.117. The highest BCUT2D eigenvalue weighted by Crippen LogP contribution is 2.37. The van der Waals surface area contributed by atoms with Gasteiger partial charge < -0.3 is 20.3 Å². The number of ketones is 2. The van der Waals surface area contributed by atoms with Crippen LogP contribution in [-0.4, -0.2) is 60.2 Å². The first-order valence-corrected chi connectivity index (χ1v) is 7.44. The lowest BCUT2D eigenvalue weighted by atomic mass is 9.94. The van der Waals surface area contributed by atoms with Gasteiger partial charge in [-0.3, -0.25) is 9.59 Å². The Balaban J connectivity index is 1.89. The Morgan fingerprint density at radius 3 is 2.19 bits per heavy atom. The minimum atomic E-state index is -0.888. The summed E-state index contributed by atoms with van der Waals surface area (Å²) in [4.78, 5) is 39.5. The molecular formula is C13H14BrN3O4. The molecule has 0 bridgehead atoms. The van der Waals surface area contributed by atoms with Crippen LogP contribution in [0.4, 0.5) is 4.79 Å². The Morgan fingerprint density at radius 2 is 1.67 bits per heavy atom. The van der Waals surface area contributed by atoms with Crippen molar-refractivity contribution < 1.29 is 19.1 Å². The number of hydrogen-bond acceptors (Lipinski definition) is 6. The molecular weight excluding hydrogens is 342 g/mol. The second kappa shape index (κ2) is 5.18. The van der Waals surface area contributed by atoms with E-state index in [4.69, 9.17) is 10.5 Å². The third-order valence-electron chi connectivity index (χ3n) is 3.52. The lowest BCUT2D eigenvalue weighted by Crippen LogP contribution is -2.29. The van der Waals surface area contributed by atoms with E-state index >= 15 is 0 Å². The zero-order chi connectivity index (χ0) is 15.1. The van der Waals surface area contributed by atoms with Gasteiger partial charge in [-0.2, -0.15) is 0 Å². The third-order valence-corrected chi connectivity index (χ3v) is 4.26. The Kier molecular flexibility index (Phi) is 3.48. The number of primary amides is 1. The van der Waals surface area contributed by atoms with Crippen molar-refractivity contribution in [3.8, 4) is 0 Å². The average molecular weight is 356 g/mol. The summed E-state index contributed by atoms with van der Waals surface area (Å²) in [5, 5.41) is 0. The molecule has 0 aromatic carbocycles. The Labute approximate surface area is 129 Å². The summed E-state index contributed by atoms with van der Waals surface area (Å²) in [6.45, 7) is 3.05. The summed E-state index contributed by atoms with van der Waals surface area (Å²) >= 11 is 3.26. The Bertz CT molecular complexity index is 603. The van der Waals surface area contributed by atoms with Gasteiger partial charge in [0.15, 0.2) is 0 Å². The van der Waals surface area contributed by atoms with Gasteiger partial charge in [-0.1, -0.05) is 0 Å². The molecule has 112 valence electrons. The van der Waals surface area contributed by atoms with Crippen LogP contribution in [-0.2, 0) is 14.3 Å². The molecule has 1 amide bonds. The molecule has 2 fully saturated rings. The molecule has 3 aliphatic rings. The number of nitrogens with two attached hydrogens (primary N) is 1. The van der Waals surface area contributed by atoms with Crippen molar-refractivity contribution in [1.29, 1.82) is 0 Å². The molecule has 0 aromatic heterocycles. The van der Waals surface area contributed by atoms with Gasteiger partial charge in [-0.25, -0.2) is 4.79 Å². The van der Waals surface area contributed by atoms with E-state index in [0.717, 1.165) is 26.2 Å². The van der Waals surface area contributed by atoms with E-state index < -0.39 is 6.09 Å². The molecule has 7 nitrogen and oxygen atoms in total. The number of amides is 1. The van der Waals surface area contributed by atoms with Crippen LogP contribution in [0.15, 0.2) is 21.4 Å². The highest BCUT2D eigenvalue weighted by molar-refractivity contribution is 9.12. The van der Waals surface area contributed by atoms with E-state index in [1.165, 1.54) is 0 Å². The molecule has 2 aliphatic heterocycles. The second-order valence-electron chi connectivity index (χ2n) is 5.04. The smallest absolute Gasteiger partial charge is 0.404 e. The monoisotopic (exact) mass is 355 g/mol. The van der Waals surface area contributed by atoms with Crippen molar-refractivity contribution in [2.75, 3.05) is 32.8 Å². The fraction of sp³-hybridized carbons (Fsp3) is 0.462. The van der Waals surface area contributed by atoms with Crippen molar-refractivity contribution in [3.63, 3.8) is 0 Å². The van der Waals surface area contributed by atoms with Crippen LogP contribution >= 0.6 is 15.9 Å². The number of carbonyl (C=O) groups is 3. The van der Waals surface area contributed by atoms with Gasteiger partial charge in [0, 0.05) is 38.2 Å². The first kappa shape index (κ1) is 14.1. The van der Waals surface area contributed by atoms with Gasteiger partial charge in [0.1, 0.15) is 5.70 Å². The van der Waals surface area contributed by atoms with Gasteiger partial charge in [-0.05, 0) is 15.9 Å². The summed E-state index contributed by atoms with van der Waals surface area (Å²) in [6, 6.07) is 0. The SMILES string of the molecule is NC(=O)OCCC1=C(N2CC2)C(=O)C(Br)=C(N2CC2)C1=O. The molecule has 0 spiro atoms. The van der Waals surface area contributed by atoms with Crippen molar-refractivity contribution in [3.05, 3.63) is 21.4 Å². The maximum absolute atomic E-state index is 12.6. The lowest BCUT2D eigenvalue weighted by Gasteiger charge is -2.23. The molecule has 0 aromatic rings. The number of allylic oxidation sites excluding steroid dienone is 2. The van der Waals surface area contributed by atoms with Crippen LogP contribution in [0, 0.1) is 0 Å². The van der Waals surface area contributed by atoms with E-state index in [-0.39, 0.29) is 24.6 Å². The van der Waals surface area contributed by atoms with Crippen LogP contribution in [0.2, 0.25) is 0 Å². The fourth-order valence-electron chi connectivity index (χ4n) is 2.35. The van der Waals surface area contributed by atoms with E-state index in [0.29, 0.717) is 21.4 Å². The van der Waals surface area contributed by atoms with Gasteiger partial charge in [0.05, 0.1) is 16.8 Å². The van der Waals surface area contributed by atoms with Crippen molar-refractivity contribution >= 4 is 33.6 Å². The number of nitrogens with zero attached hydrogens (tertiary/aromatic N) is 2. The Morgan fingerprint density at radius 1 is 1.10 bits per heavy atom. The first-order valence-electron chi connectivity index (χ1n) is 6.65. The number of Topliss-reactive ketones (excluding diaryl/α,β-unsaturated/α-hetero) is 2. The zero-order valence-electron chi connectivity index (χ0n) is 11.2. The number of ether oxygens (including phenoxy) is 1. The predicted octanol–water partition coefficient (Wildman–Crippen LogP) is 0.115. The predicted molar refractivity (Wildman–Crippen MR) is 76.3 cm³/mol. The fourth-order valence-corrected chi connectivity index (χ4v) is 2.97. The minimum absolute atomic E-state index is 0.00801. The van der Waals surface area contributed by atoms with Crippen LogP contribution in [0.3, 0.4) is 0 Å². The number of halogens is 1. The molecule has 2 N–H and O–H groups in total. The highest BCUT2D eigenvalue weighted by Gasteiger charge is 2.42. The van der Waals surface area contributed by atoms with E-state index in [1.54, 1.807) is 0 Å². The molecule has 8 heteroatoms. The maximum Gasteiger partial charge on any atom is 0.404 e. The van der Waals surface area contributed by atoms with Crippen LogP contribution in [0.5, 0.6) is 0 Å². The average Bonchev–Trinajstić information content (AvgIpc) is 3.27. The molecule has 2 heterocycles. The van der Waals surface area contributed by atoms with E-state index in [1.807, 2.05) is 9.80 Å². The number of carbonyl (C=O) groups excluding carboxylic acids is 3. The normalized spacial score (nSPS) is 21.2. The Hall–Kier alpha value is -1.83. The largest absolute Gasteiger partial charge is 0.449 e. The summed E-state index contributed by atoms with van der Waals surface area (Å²) in [5.74, 6) is -0.350. The third kappa shape index (κ3) is 2.67. The number of rotatable bonds is 5. The molecule has 21 heavy (non-hydrogen) atoms. The zero-order valence-corrected chi connectivity index (χ0v) is 12.8. The van der Waals surface area contributed by atoms with Crippen LogP contribution in [0.25, 0.3) is 0 Å². The highest BCUT2D eigenvalue weighted by atomic mass is 79.9. The standard InChI is InChI=1S/C13H14BrN3O4/c14-8-10(17-4-5-17)11(18)7(1-6-21-13(15)20)9(12(8)19)16-2-3-16/h1-6H2,(H2,15,20). The molecule has 0 saturated carbocycles. The molecule has 0 unspecified atom stereocenters. The van der Waals surface area contributed by atoms with Gasteiger partial charge in [-0.15, -0.1) is 0 Å². The molecule has 0 radical (unpaired) electrons. The quantitative estimate of drug-likeness (QED) is 0.556. The van der Waals surface area contributed by atoms with Crippen LogP contribution < -0.4 is 5.73 Å².